The molecule has 1 amide bonds. The van der Waals surface area contributed by atoms with Gasteiger partial charge in [0, 0.05) is 11.3 Å². The molecule has 0 spiro atoms. The summed E-state index contributed by atoms with van der Waals surface area (Å²) in [5.74, 6) is -2.26. The van der Waals surface area contributed by atoms with Gasteiger partial charge in [0.2, 0.25) is 0 Å². The van der Waals surface area contributed by atoms with E-state index in [4.69, 9.17) is 5.11 Å². The Balaban J connectivity index is 1.79. The Kier molecular flexibility index (Phi) is 4.64. The second kappa shape index (κ2) is 6.86. The Bertz CT molecular complexity index is 896. The molecule has 0 bridgehead atoms. The highest BCUT2D eigenvalue weighted by atomic mass is 32.1. The van der Waals surface area contributed by atoms with Gasteiger partial charge in [0.25, 0.3) is 5.91 Å². The van der Waals surface area contributed by atoms with E-state index in [0.717, 1.165) is 23.5 Å². The molecule has 122 valence electrons. The Hall–Kier alpha value is -2.64. The largest absolute Gasteiger partial charge is 0.392 e. The van der Waals surface area contributed by atoms with Crippen molar-refractivity contribution in [3.05, 3.63) is 70.7 Å². The number of nitrogens with one attached hydrogen (secondary N) is 1. The molecule has 0 aliphatic carbocycles. The Morgan fingerprint density at radius 1 is 1.17 bits per heavy atom. The molecular weight excluding hydrogens is 334 g/mol. The number of benzene rings is 2. The van der Waals surface area contributed by atoms with Crippen LogP contribution in [0.1, 0.15) is 15.2 Å². The number of hydrogen-bond donors (Lipinski definition) is 2. The highest BCUT2D eigenvalue weighted by Gasteiger charge is 2.13. The van der Waals surface area contributed by atoms with E-state index in [1.165, 1.54) is 12.3 Å². The van der Waals surface area contributed by atoms with Gasteiger partial charge in [0.15, 0.2) is 11.6 Å². The van der Waals surface area contributed by atoms with Crippen LogP contribution in [-0.2, 0) is 6.61 Å². The smallest absolute Gasteiger partial charge is 0.267 e. The van der Waals surface area contributed by atoms with Crippen molar-refractivity contribution in [1.82, 2.24) is 4.98 Å². The number of nitrogens with zero attached hydrogens (tertiary/aromatic N) is 1. The number of hydrogen-bond acceptors (Lipinski definition) is 4. The molecule has 2 N–H and O–H groups in total. The summed E-state index contributed by atoms with van der Waals surface area (Å²) in [6, 6.07) is 10.3. The number of carbonyl (C=O) groups excluding carboxylic acids is 1. The monoisotopic (exact) mass is 346 g/mol. The minimum absolute atomic E-state index is 0.120. The van der Waals surface area contributed by atoms with E-state index >= 15 is 0 Å². The second-order valence-electron chi connectivity index (χ2n) is 4.97. The van der Waals surface area contributed by atoms with E-state index in [0.29, 0.717) is 26.7 Å². The molecule has 24 heavy (non-hydrogen) atoms. The van der Waals surface area contributed by atoms with E-state index in [9.17, 15) is 13.6 Å². The van der Waals surface area contributed by atoms with Crippen molar-refractivity contribution in [2.24, 2.45) is 0 Å². The molecule has 0 unspecified atom stereocenters. The van der Waals surface area contributed by atoms with E-state index in [-0.39, 0.29) is 12.5 Å². The predicted octanol–water partition coefficient (Wildman–Crippen LogP) is 3.83. The lowest BCUT2D eigenvalue weighted by Crippen LogP contribution is -2.10. The van der Waals surface area contributed by atoms with Crippen LogP contribution in [0.4, 0.5) is 14.5 Å². The Morgan fingerprint density at radius 3 is 2.75 bits per heavy atom. The van der Waals surface area contributed by atoms with Gasteiger partial charge in [-0.25, -0.2) is 13.8 Å². The SMILES string of the molecule is O=C(Nc1cccc(CO)c1)c1cnc(-c2ccc(F)c(F)c2)s1. The summed E-state index contributed by atoms with van der Waals surface area (Å²) in [5.41, 5.74) is 1.63. The molecule has 2 aromatic carbocycles. The van der Waals surface area contributed by atoms with Gasteiger partial charge < -0.3 is 10.4 Å². The highest BCUT2D eigenvalue weighted by molar-refractivity contribution is 7.17. The fourth-order valence-corrected chi connectivity index (χ4v) is 2.89. The van der Waals surface area contributed by atoms with Crippen LogP contribution in [-0.4, -0.2) is 16.0 Å². The fourth-order valence-electron chi connectivity index (χ4n) is 2.08. The van der Waals surface area contributed by atoms with Crippen LogP contribution in [0.5, 0.6) is 0 Å². The van der Waals surface area contributed by atoms with Crippen LogP contribution in [0.3, 0.4) is 0 Å². The van der Waals surface area contributed by atoms with E-state index in [2.05, 4.69) is 10.3 Å². The number of thiazole rings is 1. The highest BCUT2D eigenvalue weighted by Crippen LogP contribution is 2.27. The van der Waals surface area contributed by atoms with Gasteiger partial charge in [-0.05, 0) is 35.9 Å². The number of anilines is 1. The molecule has 0 fully saturated rings. The molecular formula is C17H12F2N2O2S. The third-order valence-electron chi connectivity index (χ3n) is 3.26. The lowest BCUT2D eigenvalue weighted by molar-refractivity contribution is 0.103. The Morgan fingerprint density at radius 2 is 2.00 bits per heavy atom. The number of aliphatic hydroxyl groups excluding tert-OH is 1. The average molecular weight is 346 g/mol. The zero-order valence-electron chi connectivity index (χ0n) is 12.3. The molecule has 7 heteroatoms. The third kappa shape index (κ3) is 3.47. The van der Waals surface area contributed by atoms with E-state index in [1.54, 1.807) is 24.3 Å². The van der Waals surface area contributed by atoms with Crippen molar-refractivity contribution in [1.29, 1.82) is 0 Å². The maximum Gasteiger partial charge on any atom is 0.267 e. The van der Waals surface area contributed by atoms with Crippen molar-refractivity contribution >= 4 is 22.9 Å². The van der Waals surface area contributed by atoms with Crippen molar-refractivity contribution in [3.8, 4) is 10.6 Å². The van der Waals surface area contributed by atoms with Gasteiger partial charge in [-0.15, -0.1) is 11.3 Å². The van der Waals surface area contributed by atoms with Crippen LogP contribution >= 0.6 is 11.3 Å². The molecule has 0 atom stereocenters. The molecule has 0 saturated heterocycles. The minimum atomic E-state index is -0.963. The van der Waals surface area contributed by atoms with Gasteiger partial charge in [0.05, 0.1) is 12.8 Å². The number of rotatable bonds is 4. The molecule has 3 aromatic rings. The lowest BCUT2D eigenvalue weighted by Gasteiger charge is -2.04. The topological polar surface area (TPSA) is 62.2 Å². The van der Waals surface area contributed by atoms with Crippen molar-refractivity contribution in [3.63, 3.8) is 0 Å². The lowest BCUT2D eigenvalue weighted by atomic mass is 10.2. The molecule has 0 saturated carbocycles. The first kappa shape index (κ1) is 16.2. The summed E-state index contributed by atoms with van der Waals surface area (Å²) >= 11 is 1.08. The summed E-state index contributed by atoms with van der Waals surface area (Å²) in [4.78, 5) is 16.7. The van der Waals surface area contributed by atoms with E-state index < -0.39 is 11.6 Å². The van der Waals surface area contributed by atoms with Gasteiger partial charge in [-0.2, -0.15) is 0 Å². The number of halogens is 2. The number of aromatic nitrogens is 1. The number of amides is 1. The summed E-state index contributed by atoms with van der Waals surface area (Å²) in [7, 11) is 0. The molecule has 3 rings (SSSR count). The van der Waals surface area contributed by atoms with Crippen molar-refractivity contribution in [2.75, 3.05) is 5.32 Å². The molecule has 0 radical (unpaired) electrons. The summed E-state index contributed by atoms with van der Waals surface area (Å²) in [6.07, 6.45) is 1.38. The predicted molar refractivity (Wildman–Crippen MR) is 87.8 cm³/mol. The normalized spacial score (nSPS) is 10.6. The van der Waals surface area contributed by atoms with Gasteiger partial charge in [-0.3, -0.25) is 4.79 Å². The molecule has 0 aliphatic rings. The quantitative estimate of drug-likeness (QED) is 0.755. The molecule has 4 nitrogen and oxygen atoms in total. The molecule has 1 aromatic heterocycles. The first-order valence-corrected chi connectivity index (χ1v) is 7.81. The van der Waals surface area contributed by atoms with Gasteiger partial charge in [0.1, 0.15) is 9.88 Å². The number of aliphatic hydroxyl groups is 1. The average Bonchev–Trinajstić information content (AvgIpc) is 3.08. The van der Waals surface area contributed by atoms with Crippen LogP contribution < -0.4 is 5.32 Å². The third-order valence-corrected chi connectivity index (χ3v) is 4.31. The summed E-state index contributed by atoms with van der Waals surface area (Å²) < 4.78 is 26.3. The molecule has 1 heterocycles. The zero-order valence-corrected chi connectivity index (χ0v) is 13.1. The zero-order chi connectivity index (χ0) is 17.1. The van der Waals surface area contributed by atoms with E-state index in [1.807, 2.05) is 0 Å². The number of carbonyl (C=O) groups is 1. The van der Waals surface area contributed by atoms with Crippen LogP contribution in [0.2, 0.25) is 0 Å². The Labute approximate surface area is 140 Å². The second-order valence-corrected chi connectivity index (χ2v) is 6.00. The minimum Gasteiger partial charge on any atom is -0.392 e. The van der Waals surface area contributed by atoms with Crippen LogP contribution in [0, 0.1) is 11.6 Å². The maximum atomic E-state index is 13.3. The van der Waals surface area contributed by atoms with Crippen molar-refractivity contribution < 1.29 is 18.7 Å². The first-order valence-electron chi connectivity index (χ1n) is 6.99. The van der Waals surface area contributed by atoms with Crippen molar-refractivity contribution in [2.45, 2.75) is 6.61 Å². The summed E-state index contributed by atoms with van der Waals surface area (Å²) in [6.45, 7) is -0.120. The molecule has 0 aliphatic heterocycles. The fraction of sp³-hybridized carbons (Fsp3) is 0.0588. The standard InChI is InChI=1S/C17H12F2N2O2S/c18-13-5-4-11(7-14(13)19)17-20-8-15(24-17)16(23)21-12-3-1-2-10(6-12)9-22/h1-8,22H,9H2,(H,21,23). The maximum absolute atomic E-state index is 13.3. The van der Waals surface area contributed by atoms with Gasteiger partial charge >= 0.3 is 0 Å². The van der Waals surface area contributed by atoms with Crippen LogP contribution in [0.25, 0.3) is 10.6 Å². The van der Waals surface area contributed by atoms with Gasteiger partial charge in [-0.1, -0.05) is 12.1 Å². The van der Waals surface area contributed by atoms with Crippen LogP contribution in [0.15, 0.2) is 48.7 Å². The summed E-state index contributed by atoms with van der Waals surface area (Å²) in [5, 5.41) is 12.2. The first-order chi connectivity index (χ1) is 11.6.